The summed E-state index contributed by atoms with van der Waals surface area (Å²) >= 11 is 1.39. The van der Waals surface area contributed by atoms with E-state index in [2.05, 4.69) is 9.98 Å². The Morgan fingerprint density at radius 1 is 1.10 bits per heavy atom. The van der Waals surface area contributed by atoms with Crippen LogP contribution in [0.5, 0.6) is 0 Å². The number of hydrogen-bond acceptors (Lipinski definition) is 5. The van der Waals surface area contributed by atoms with Crippen molar-refractivity contribution in [1.29, 1.82) is 0 Å². The number of rotatable bonds is 3. The first-order chi connectivity index (χ1) is 9.32. The molecule has 1 aliphatic rings. The topological polar surface area (TPSA) is 65.9 Å². The molecule has 1 aromatic rings. The Morgan fingerprint density at radius 2 is 1.60 bits per heavy atom. The van der Waals surface area contributed by atoms with Crippen LogP contribution in [0.15, 0.2) is 10.4 Å². The molecular weight excluding hydrogens is 276 g/mol. The molecule has 0 radical (unpaired) electrons. The van der Waals surface area contributed by atoms with Gasteiger partial charge in [-0.3, -0.25) is 19.4 Å². The van der Waals surface area contributed by atoms with Crippen molar-refractivity contribution in [3.63, 3.8) is 0 Å². The Labute approximate surface area is 122 Å². The number of aromatic nitrogens is 1. The number of amides is 2. The third-order valence-electron chi connectivity index (χ3n) is 2.89. The highest BCUT2D eigenvalue weighted by Crippen LogP contribution is 2.24. The van der Waals surface area contributed by atoms with Crippen LogP contribution < -0.4 is 0 Å². The lowest BCUT2D eigenvalue weighted by Gasteiger charge is -2.24. The summed E-state index contributed by atoms with van der Waals surface area (Å²) in [4.78, 5) is 35.8. The average Bonchev–Trinajstić information content (AvgIpc) is 2.83. The van der Waals surface area contributed by atoms with Gasteiger partial charge >= 0.3 is 11.8 Å². The van der Waals surface area contributed by atoms with Crippen molar-refractivity contribution in [3.05, 3.63) is 11.1 Å². The Hall–Kier alpha value is -1.76. The Kier molecular flexibility index (Phi) is 3.89. The molecule has 1 saturated heterocycles. The van der Waals surface area contributed by atoms with E-state index >= 15 is 0 Å². The normalized spacial score (nSPS) is 16.1. The van der Waals surface area contributed by atoms with Gasteiger partial charge in [0.15, 0.2) is 0 Å². The van der Waals surface area contributed by atoms with Crippen LogP contribution in [-0.2, 0) is 9.59 Å². The lowest BCUT2D eigenvalue weighted by molar-refractivity contribution is -0.144. The molecular formula is C13H18N4O2S. The van der Waals surface area contributed by atoms with Crippen molar-refractivity contribution in [2.75, 3.05) is 0 Å². The van der Waals surface area contributed by atoms with Crippen LogP contribution in [0.25, 0.3) is 0 Å². The van der Waals surface area contributed by atoms with Crippen LogP contribution in [0.3, 0.4) is 0 Å². The molecule has 0 saturated carbocycles. The second-order valence-electron chi connectivity index (χ2n) is 5.22. The van der Waals surface area contributed by atoms with E-state index in [1.54, 1.807) is 0 Å². The quantitative estimate of drug-likeness (QED) is 0.800. The first kappa shape index (κ1) is 14.6. The summed E-state index contributed by atoms with van der Waals surface area (Å²) in [5.74, 6) is -0.680. The predicted molar refractivity (Wildman–Crippen MR) is 77.9 cm³/mol. The minimum Gasteiger partial charge on any atom is -0.271 e. The second kappa shape index (κ2) is 5.32. The molecule has 0 unspecified atom stereocenters. The minimum atomic E-state index is -0.527. The maximum absolute atomic E-state index is 12.1. The van der Waals surface area contributed by atoms with Crippen molar-refractivity contribution < 1.29 is 9.59 Å². The van der Waals surface area contributed by atoms with Crippen LogP contribution in [0.2, 0.25) is 0 Å². The molecule has 0 spiro atoms. The largest absolute Gasteiger partial charge is 0.319 e. The molecule has 0 aliphatic carbocycles. The molecule has 1 aromatic heterocycles. The Balaban J connectivity index is 2.50. The van der Waals surface area contributed by atoms with Crippen LogP contribution >= 0.6 is 11.3 Å². The van der Waals surface area contributed by atoms with E-state index in [1.807, 2.05) is 40.0 Å². The summed E-state index contributed by atoms with van der Waals surface area (Å²) in [6.07, 6.45) is 0. The molecule has 6 nitrogen and oxygen atoms in total. The van der Waals surface area contributed by atoms with Crippen molar-refractivity contribution in [3.8, 4) is 0 Å². The maximum Gasteiger partial charge on any atom is 0.319 e. The standard InChI is InChI=1S/C13H18N4O2S/c1-7(2)16-10(18)11(19)17(8(3)4)13(16)15-12-14-9(5)6-20-12/h6-8H,1-5H3. The first-order valence-corrected chi connectivity index (χ1v) is 7.38. The number of hydrogen-bond donors (Lipinski definition) is 0. The number of aryl methyl sites for hydroxylation is 1. The van der Waals surface area contributed by atoms with Gasteiger partial charge in [-0.2, -0.15) is 4.99 Å². The molecule has 2 amide bonds. The van der Waals surface area contributed by atoms with Gasteiger partial charge in [0.25, 0.3) is 0 Å². The number of nitrogens with zero attached hydrogens (tertiary/aromatic N) is 4. The monoisotopic (exact) mass is 294 g/mol. The van der Waals surface area contributed by atoms with E-state index in [0.717, 1.165) is 5.69 Å². The van der Waals surface area contributed by atoms with Crippen LogP contribution in [-0.4, -0.2) is 44.6 Å². The van der Waals surface area contributed by atoms with E-state index in [9.17, 15) is 9.59 Å². The lowest BCUT2D eigenvalue weighted by Crippen LogP contribution is -2.41. The van der Waals surface area contributed by atoms with E-state index in [1.165, 1.54) is 21.1 Å². The minimum absolute atomic E-state index is 0.130. The molecule has 1 fully saturated rings. The smallest absolute Gasteiger partial charge is 0.271 e. The summed E-state index contributed by atoms with van der Waals surface area (Å²) in [6, 6.07) is -0.259. The molecule has 108 valence electrons. The van der Waals surface area contributed by atoms with Gasteiger partial charge in [-0.1, -0.05) is 0 Å². The zero-order valence-corrected chi connectivity index (χ0v) is 13.1. The van der Waals surface area contributed by atoms with Crippen molar-refractivity contribution in [1.82, 2.24) is 14.8 Å². The third kappa shape index (κ3) is 2.45. The zero-order chi connectivity index (χ0) is 15.0. The van der Waals surface area contributed by atoms with Gasteiger partial charge in [-0.15, -0.1) is 11.3 Å². The molecule has 20 heavy (non-hydrogen) atoms. The van der Waals surface area contributed by atoms with Crippen LogP contribution in [0, 0.1) is 6.92 Å². The molecule has 0 bridgehead atoms. The fourth-order valence-electron chi connectivity index (χ4n) is 2.02. The fourth-order valence-corrected chi connectivity index (χ4v) is 2.68. The second-order valence-corrected chi connectivity index (χ2v) is 6.06. The van der Waals surface area contributed by atoms with E-state index < -0.39 is 11.8 Å². The van der Waals surface area contributed by atoms with Gasteiger partial charge < -0.3 is 0 Å². The number of guanidine groups is 1. The van der Waals surface area contributed by atoms with Gasteiger partial charge in [0.2, 0.25) is 11.1 Å². The number of carbonyl (C=O) groups excluding carboxylic acids is 2. The summed E-state index contributed by atoms with van der Waals surface area (Å²) in [5.41, 5.74) is 0.872. The first-order valence-electron chi connectivity index (χ1n) is 6.50. The Bertz CT molecular complexity index is 549. The summed E-state index contributed by atoms with van der Waals surface area (Å²) in [6.45, 7) is 9.32. The van der Waals surface area contributed by atoms with Crippen molar-refractivity contribution in [2.24, 2.45) is 4.99 Å². The molecule has 1 aliphatic heterocycles. The van der Waals surface area contributed by atoms with E-state index in [0.29, 0.717) is 11.1 Å². The van der Waals surface area contributed by atoms with Crippen molar-refractivity contribution in [2.45, 2.75) is 46.7 Å². The number of carbonyl (C=O) groups is 2. The molecule has 7 heteroatoms. The highest BCUT2D eigenvalue weighted by atomic mass is 32.1. The maximum atomic E-state index is 12.1. The van der Waals surface area contributed by atoms with Gasteiger partial charge in [-0.05, 0) is 34.6 Å². The SMILES string of the molecule is Cc1csc(N=C2N(C(C)C)C(=O)C(=O)N2C(C)C)n1. The summed E-state index contributed by atoms with van der Waals surface area (Å²) < 4.78 is 0. The van der Waals surface area contributed by atoms with Gasteiger partial charge in [0, 0.05) is 17.5 Å². The van der Waals surface area contributed by atoms with Crippen molar-refractivity contribution >= 4 is 34.2 Å². The molecule has 2 heterocycles. The van der Waals surface area contributed by atoms with Crippen LogP contribution in [0.4, 0.5) is 5.13 Å². The molecule has 2 rings (SSSR count). The van der Waals surface area contributed by atoms with E-state index in [4.69, 9.17) is 0 Å². The fraction of sp³-hybridized carbons (Fsp3) is 0.538. The van der Waals surface area contributed by atoms with Gasteiger partial charge in [-0.25, -0.2) is 4.98 Å². The third-order valence-corrected chi connectivity index (χ3v) is 3.74. The highest BCUT2D eigenvalue weighted by Gasteiger charge is 2.45. The van der Waals surface area contributed by atoms with Gasteiger partial charge in [0.05, 0.1) is 5.69 Å². The van der Waals surface area contributed by atoms with Gasteiger partial charge in [0.1, 0.15) is 0 Å². The van der Waals surface area contributed by atoms with E-state index in [-0.39, 0.29) is 12.1 Å². The molecule has 0 atom stereocenters. The predicted octanol–water partition coefficient (Wildman–Crippen LogP) is 1.93. The average molecular weight is 294 g/mol. The lowest BCUT2D eigenvalue weighted by atomic mass is 10.3. The summed E-state index contributed by atoms with van der Waals surface area (Å²) in [7, 11) is 0. The van der Waals surface area contributed by atoms with Crippen LogP contribution in [0.1, 0.15) is 33.4 Å². The Morgan fingerprint density at radius 3 is 1.95 bits per heavy atom. The summed E-state index contributed by atoms with van der Waals surface area (Å²) in [5, 5.41) is 2.44. The number of aliphatic imine (C=N–C) groups is 1. The highest BCUT2D eigenvalue weighted by molar-refractivity contribution is 7.13. The zero-order valence-electron chi connectivity index (χ0n) is 12.2. The molecule has 0 N–H and O–H groups in total. The number of thiazole rings is 1. The molecule has 0 aromatic carbocycles.